The zero-order valence-corrected chi connectivity index (χ0v) is 13.2. The Balaban J connectivity index is 4.23. The number of guanidine groups is 1. The normalized spacial score (nSPS) is 13.9. The molecule has 0 spiro atoms. The molecule has 0 rings (SSSR count). The molecule has 0 aromatic rings. The number of hydrogen-bond donors (Lipinski definition) is 2. The van der Waals surface area contributed by atoms with Crippen LogP contribution in [0.5, 0.6) is 0 Å². The fourth-order valence-electron chi connectivity index (χ4n) is 1.05. The van der Waals surface area contributed by atoms with E-state index in [-0.39, 0.29) is 11.1 Å². The van der Waals surface area contributed by atoms with Gasteiger partial charge in [-0.05, 0) is 41.8 Å². The molecule has 108 valence electrons. The van der Waals surface area contributed by atoms with Crippen molar-refractivity contribution in [2.75, 3.05) is 41.3 Å². The second-order valence-electron chi connectivity index (χ2n) is 5.95. The van der Waals surface area contributed by atoms with Crippen molar-refractivity contribution in [3.8, 4) is 0 Å². The third-order valence-corrected chi connectivity index (χ3v) is 3.36. The molecule has 0 amide bonds. The highest BCUT2D eigenvalue weighted by Gasteiger charge is 2.21. The van der Waals surface area contributed by atoms with E-state index >= 15 is 0 Å². The van der Waals surface area contributed by atoms with Crippen LogP contribution in [0.15, 0.2) is 4.99 Å². The quantitative estimate of drug-likeness (QED) is 0.549. The Labute approximate surface area is 112 Å². The fraction of sp³-hybridized carbons (Fsp3) is 0.923. The van der Waals surface area contributed by atoms with Gasteiger partial charge in [-0.25, -0.2) is 0 Å². The van der Waals surface area contributed by atoms with Crippen LogP contribution >= 0.6 is 0 Å². The van der Waals surface area contributed by atoms with Crippen LogP contribution in [-0.2, 0) is 4.74 Å². The highest BCUT2D eigenvalue weighted by atomic mass is 16.5. The second kappa shape index (κ2) is 6.95. The van der Waals surface area contributed by atoms with Crippen molar-refractivity contribution in [2.24, 2.45) is 4.99 Å². The summed E-state index contributed by atoms with van der Waals surface area (Å²) in [6.45, 7) is 9.99. The first kappa shape index (κ1) is 17.2. The molecule has 0 atom stereocenters. The van der Waals surface area contributed by atoms with Gasteiger partial charge < -0.3 is 20.3 Å². The van der Waals surface area contributed by atoms with Gasteiger partial charge in [0.2, 0.25) is 0 Å². The van der Waals surface area contributed by atoms with Gasteiger partial charge in [0.15, 0.2) is 5.96 Å². The van der Waals surface area contributed by atoms with Crippen molar-refractivity contribution in [1.29, 1.82) is 0 Å². The number of ether oxygens (including phenoxy) is 1. The van der Waals surface area contributed by atoms with Crippen LogP contribution in [0.25, 0.3) is 0 Å². The predicted molar refractivity (Wildman–Crippen MR) is 78.2 cm³/mol. The molecule has 0 bridgehead atoms. The second-order valence-corrected chi connectivity index (χ2v) is 5.95. The minimum Gasteiger partial charge on any atom is -0.377 e. The molecule has 0 aromatic heterocycles. The zero-order valence-electron chi connectivity index (χ0n) is 13.2. The maximum Gasteiger partial charge on any atom is 0.191 e. The topological polar surface area (TPSA) is 48.9 Å². The third kappa shape index (κ3) is 6.21. The molecule has 0 fully saturated rings. The number of nitrogens with one attached hydrogen (secondary N) is 2. The lowest BCUT2D eigenvalue weighted by Gasteiger charge is -2.33. The van der Waals surface area contributed by atoms with E-state index in [1.165, 1.54) is 0 Å². The van der Waals surface area contributed by atoms with Gasteiger partial charge in [-0.15, -0.1) is 0 Å². The lowest BCUT2D eigenvalue weighted by molar-refractivity contribution is 0.0268. The van der Waals surface area contributed by atoms with Gasteiger partial charge in [-0.1, -0.05) is 0 Å². The highest BCUT2D eigenvalue weighted by molar-refractivity contribution is 5.79. The van der Waals surface area contributed by atoms with Gasteiger partial charge >= 0.3 is 0 Å². The van der Waals surface area contributed by atoms with Gasteiger partial charge in [-0.3, -0.25) is 4.99 Å². The molecule has 2 N–H and O–H groups in total. The molecule has 0 heterocycles. The van der Waals surface area contributed by atoms with Crippen molar-refractivity contribution < 1.29 is 4.74 Å². The summed E-state index contributed by atoms with van der Waals surface area (Å²) in [5, 5.41) is 6.60. The van der Waals surface area contributed by atoms with Gasteiger partial charge in [0.1, 0.15) is 0 Å². The molecule has 5 nitrogen and oxygen atoms in total. The number of aliphatic imine (C=N–C) groups is 1. The number of likely N-dealkylation sites (N-methyl/N-ethyl adjacent to an activating group) is 1. The van der Waals surface area contributed by atoms with E-state index in [0.29, 0.717) is 6.54 Å². The first-order chi connectivity index (χ1) is 8.14. The third-order valence-electron chi connectivity index (χ3n) is 3.36. The van der Waals surface area contributed by atoms with Crippen LogP contribution in [0.4, 0.5) is 0 Å². The molecule has 0 saturated heterocycles. The van der Waals surface area contributed by atoms with Crippen LogP contribution < -0.4 is 10.6 Å². The van der Waals surface area contributed by atoms with Gasteiger partial charge in [0.25, 0.3) is 0 Å². The summed E-state index contributed by atoms with van der Waals surface area (Å²) in [5.41, 5.74) is -0.122. The lowest BCUT2D eigenvalue weighted by atomic mass is 10.0. The molecule has 0 aromatic carbocycles. The van der Waals surface area contributed by atoms with E-state index < -0.39 is 0 Å². The summed E-state index contributed by atoms with van der Waals surface area (Å²) in [5.74, 6) is 0.801. The Morgan fingerprint density at radius 1 is 1.11 bits per heavy atom. The average molecular weight is 258 g/mol. The van der Waals surface area contributed by atoms with E-state index in [2.05, 4.69) is 48.5 Å². The number of methoxy groups -OCH3 is 1. The van der Waals surface area contributed by atoms with E-state index in [1.807, 2.05) is 13.8 Å². The summed E-state index contributed by atoms with van der Waals surface area (Å²) in [6, 6.07) is 0. The minimum atomic E-state index is -0.200. The van der Waals surface area contributed by atoms with Crippen molar-refractivity contribution in [3.05, 3.63) is 0 Å². The molecule has 0 aliphatic rings. The van der Waals surface area contributed by atoms with Crippen LogP contribution in [-0.4, -0.2) is 63.3 Å². The summed E-state index contributed by atoms with van der Waals surface area (Å²) in [6.07, 6.45) is 0. The molecule has 0 aliphatic heterocycles. The lowest BCUT2D eigenvalue weighted by Crippen LogP contribution is -2.52. The molecule has 0 radical (unpaired) electrons. The van der Waals surface area contributed by atoms with Crippen LogP contribution in [0, 0.1) is 0 Å². The largest absolute Gasteiger partial charge is 0.377 e. The summed E-state index contributed by atoms with van der Waals surface area (Å²) in [4.78, 5) is 6.40. The number of rotatable bonds is 6. The van der Waals surface area contributed by atoms with Crippen molar-refractivity contribution in [2.45, 2.75) is 38.8 Å². The van der Waals surface area contributed by atoms with Gasteiger partial charge in [0, 0.05) is 32.8 Å². The molecular formula is C13H30N4O. The molecule has 0 aliphatic carbocycles. The molecule has 18 heavy (non-hydrogen) atoms. The van der Waals surface area contributed by atoms with Crippen LogP contribution in [0.2, 0.25) is 0 Å². The Kier molecular flexibility index (Phi) is 6.63. The first-order valence-electron chi connectivity index (χ1n) is 6.32. The number of nitrogens with zero attached hydrogens (tertiary/aromatic N) is 2. The van der Waals surface area contributed by atoms with E-state index in [1.54, 1.807) is 14.2 Å². The summed E-state index contributed by atoms with van der Waals surface area (Å²) in [7, 11) is 7.64. The Morgan fingerprint density at radius 3 is 2.00 bits per heavy atom. The fourth-order valence-corrected chi connectivity index (χ4v) is 1.05. The van der Waals surface area contributed by atoms with Gasteiger partial charge in [0.05, 0.1) is 5.60 Å². The monoisotopic (exact) mass is 258 g/mol. The maximum atomic E-state index is 5.36. The van der Waals surface area contributed by atoms with Gasteiger partial charge in [-0.2, -0.15) is 0 Å². The van der Waals surface area contributed by atoms with Crippen molar-refractivity contribution in [3.63, 3.8) is 0 Å². The summed E-state index contributed by atoms with van der Waals surface area (Å²) >= 11 is 0. The smallest absolute Gasteiger partial charge is 0.191 e. The van der Waals surface area contributed by atoms with E-state index in [9.17, 15) is 0 Å². The average Bonchev–Trinajstić information content (AvgIpc) is 2.29. The summed E-state index contributed by atoms with van der Waals surface area (Å²) < 4.78 is 5.36. The standard InChI is InChI=1S/C13H30N4O/c1-12(2,17(6)7)9-15-11(14-5)16-10-13(3,4)18-8/h9-10H2,1-8H3,(H2,14,15,16). The molecule has 0 saturated carbocycles. The maximum absolute atomic E-state index is 5.36. The SMILES string of the molecule is CN=C(NCC(C)(C)OC)NCC(C)(C)N(C)C. The predicted octanol–water partition coefficient (Wildman–Crippen LogP) is 0.917. The Bertz CT molecular complexity index is 272. The van der Waals surface area contributed by atoms with Crippen molar-refractivity contribution >= 4 is 5.96 Å². The van der Waals surface area contributed by atoms with Crippen molar-refractivity contribution in [1.82, 2.24) is 15.5 Å². The van der Waals surface area contributed by atoms with Crippen LogP contribution in [0.3, 0.4) is 0 Å². The molecular weight excluding hydrogens is 228 g/mol. The number of hydrogen-bond acceptors (Lipinski definition) is 3. The van der Waals surface area contributed by atoms with E-state index in [4.69, 9.17) is 4.74 Å². The zero-order chi connectivity index (χ0) is 14.4. The Hall–Kier alpha value is -0.810. The highest BCUT2D eigenvalue weighted by Crippen LogP contribution is 2.08. The molecule has 0 unspecified atom stereocenters. The molecule has 5 heteroatoms. The Morgan fingerprint density at radius 2 is 1.61 bits per heavy atom. The van der Waals surface area contributed by atoms with E-state index in [0.717, 1.165) is 12.5 Å². The van der Waals surface area contributed by atoms with Crippen LogP contribution in [0.1, 0.15) is 27.7 Å². The minimum absolute atomic E-state index is 0.0778. The first-order valence-corrected chi connectivity index (χ1v) is 6.32.